The first kappa shape index (κ1) is 10.7. The van der Waals surface area contributed by atoms with Crippen LogP contribution in [0.1, 0.15) is 0 Å². The highest BCUT2D eigenvalue weighted by Crippen LogP contribution is 2.14. The third-order valence-electron chi connectivity index (χ3n) is 1.54. The van der Waals surface area contributed by atoms with Gasteiger partial charge in [0.25, 0.3) is 0 Å². The summed E-state index contributed by atoms with van der Waals surface area (Å²) in [5.74, 6) is -1.48. The number of hydrogen-bond acceptors (Lipinski definition) is 3. The Morgan fingerprint density at radius 1 is 1.27 bits per heavy atom. The molecule has 0 aliphatic rings. The first-order chi connectivity index (χ1) is 7.17. The standard InChI is InChI=1S/C10H5F2N3/c11-8-1-2-10(9(12)3-8)15-6-7(4-13)5-14/h1-3,6,15H. The Morgan fingerprint density at radius 3 is 2.47 bits per heavy atom. The van der Waals surface area contributed by atoms with Gasteiger partial charge in [-0.25, -0.2) is 8.78 Å². The molecule has 1 aromatic rings. The molecular weight excluding hydrogens is 200 g/mol. The maximum Gasteiger partial charge on any atom is 0.149 e. The van der Waals surface area contributed by atoms with Crippen LogP contribution in [0.15, 0.2) is 30.0 Å². The van der Waals surface area contributed by atoms with E-state index in [1.165, 1.54) is 6.07 Å². The van der Waals surface area contributed by atoms with E-state index in [4.69, 9.17) is 10.5 Å². The zero-order valence-corrected chi connectivity index (χ0v) is 7.46. The molecule has 0 fully saturated rings. The maximum absolute atomic E-state index is 13.0. The molecule has 0 atom stereocenters. The van der Waals surface area contributed by atoms with Gasteiger partial charge < -0.3 is 5.32 Å². The SMILES string of the molecule is N#CC(C#N)=CNc1ccc(F)cc1F. The number of nitrogens with one attached hydrogen (secondary N) is 1. The molecule has 0 bridgehead atoms. The van der Waals surface area contributed by atoms with Crippen molar-refractivity contribution in [1.29, 1.82) is 10.5 Å². The normalized spacial score (nSPS) is 8.53. The fourth-order valence-corrected chi connectivity index (χ4v) is 0.846. The molecule has 15 heavy (non-hydrogen) atoms. The van der Waals surface area contributed by atoms with Crippen LogP contribution in [-0.2, 0) is 0 Å². The summed E-state index contributed by atoms with van der Waals surface area (Å²) in [6.45, 7) is 0. The molecule has 0 heterocycles. The molecule has 0 saturated heterocycles. The predicted molar refractivity (Wildman–Crippen MR) is 49.3 cm³/mol. The fraction of sp³-hybridized carbons (Fsp3) is 0. The molecule has 0 spiro atoms. The fourth-order valence-electron chi connectivity index (χ4n) is 0.846. The Bertz CT molecular complexity index is 464. The van der Waals surface area contributed by atoms with Gasteiger partial charge in [-0.1, -0.05) is 0 Å². The van der Waals surface area contributed by atoms with Gasteiger partial charge >= 0.3 is 0 Å². The summed E-state index contributed by atoms with van der Waals surface area (Å²) < 4.78 is 25.5. The smallest absolute Gasteiger partial charge is 0.149 e. The Balaban J connectivity index is 2.89. The summed E-state index contributed by atoms with van der Waals surface area (Å²) in [4.78, 5) is 0. The van der Waals surface area contributed by atoms with E-state index in [2.05, 4.69) is 5.32 Å². The molecule has 0 unspecified atom stereocenters. The number of nitrogens with zero attached hydrogens (tertiary/aromatic N) is 2. The van der Waals surface area contributed by atoms with E-state index in [9.17, 15) is 8.78 Å². The van der Waals surface area contributed by atoms with Crippen molar-refractivity contribution in [2.75, 3.05) is 5.32 Å². The minimum atomic E-state index is -0.790. The largest absolute Gasteiger partial charge is 0.357 e. The third-order valence-corrected chi connectivity index (χ3v) is 1.54. The van der Waals surface area contributed by atoms with Crippen LogP contribution in [-0.4, -0.2) is 0 Å². The van der Waals surface area contributed by atoms with Crippen LogP contribution >= 0.6 is 0 Å². The highest BCUT2D eigenvalue weighted by atomic mass is 19.1. The van der Waals surface area contributed by atoms with Crippen molar-refractivity contribution in [3.05, 3.63) is 41.6 Å². The number of benzene rings is 1. The van der Waals surface area contributed by atoms with Gasteiger partial charge in [0.2, 0.25) is 0 Å². The molecule has 5 heteroatoms. The van der Waals surface area contributed by atoms with Crippen LogP contribution in [0.3, 0.4) is 0 Å². The maximum atomic E-state index is 13.0. The van der Waals surface area contributed by atoms with E-state index in [1.807, 2.05) is 0 Å². The number of anilines is 1. The molecule has 1 aromatic carbocycles. The molecule has 74 valence electrons. The van der Waals surface area contributed by atoms with Gasteiger partial charge in [0.1, 0.15) is 29.3 Å². The van der Waals surface area contributed by atoms with Gasteiger partial charge in [0.15, 0.2) is 0 Å². The van der Waals surface area contributed by atoms with E-state index in [0.717, 1.165) is 12.3 Å². The van der Waals surface area contributed by atoms with Gasteiger partial charge in [-0.15, -0.1) is 0 Å². The average Bonchev–Trinajstić information content (AvgIpc) is 2.22. The molecule has 1 rings (SSSR count). The van der Waals surface area contributed by atoms with Crippen LogP contribution < -0.4 is 5.32 Å². The Labute approximate surface area is 84.9 Å². The zero-order valence-electron chi connectivity index (χ0n) is 7.46. The second-order valence-electron chi connectivity index (χ2n) is 2.55. The van der Waals surface area contributed by atoms with Crippen molar-refractivity contribution in [2.45, 2.75) is 0 Å². The minimum absolute atomic E-state index is 0.000556. The van der Waals surface area contributed by atoms with Crippen molar-refractivity contribution in [2.24, 2.45) is 0 Å². The number of halogens is 2. The third kappa shape index (κ3) is 2.78. The van der Waals surface area contributed by atoms with Crippen LogP contribution in [0.25, 0.3) is 0 Å². The summed E-state index contributed by atoms with van der Waals surface area (Å²) in [6.07, 6.45) is 1.05. The lowest BCUT2D eigenvalue weighted by Crippen LogP contribution is -1.93. The molecule has 0 aliphatic heterocycles. The summed E-state index contributed by atoms with van der Waals surface area (Å²) in [5.41, 5.74) is -0.196. The quantitative estimate of drug-likeness (QED) is 0.753. The summed E-state index contributed by atoms with van der Waals surface area (Å²) in [5, 5.41) is 19.2. The lowest BCUT2D eigenvalue weighted by molar-refractivity contribution is 0.586. The van der Waals surface area contributed by atoms with Gasteiger partial charge in [-0.2, -0.15) is 10.5 Å². The van der Waals surface area contributed by atoms with Crippen LogP contribution in [0.2, 0.25) is 0 Å². The second-order valence-corrected chi connectivity index (χ2v) is 2.55. The van der Waals surface area contributed by atoms with E-state index < -0.39 is 11.6 Å². The minimum Gasteiger partial charge on any atom is -0.357 e. The number of nitriles is 2. The molecule has 0 radical (unpaired) electrons. The highest BCUT2D eigenvalue weighted by Gasteiger charge is 2.01. The summed E-state index contributed by atoms with van der Waals surface area (Å²) >= 11 is 0. The van der Waals surface area contributed by atoms with E-state index >= 15 is 0 Å². The zero-order chi connectivity index (χ0) is 11.3. The van der Waals surface area contributed by atoms with Crippen molar-refractivity contribution < 1.29 is 8.78 Å². The summed E-state index contributed by atoms with van der Waals surface area (Å²) in [7, 11) is 0. The van der Waals surface area contributed by atoms with Gasteiger partial charge in [0, 0.05) is 12.3 Å². The van der Waals surface area contributed by atoms with Crippen molar-refractivity contribution in [1.82, 2.24) is 0 Å². The summed E-state index contributed by atoms with van der Waals surface area (Å²) in [6, 6.07) is 6.13. The van der Waals surface area contributed by atoms with Crippen LogP contribution in [0.5, 0.6) is 0 Å². The highest BCUT2D eigenvalue weighted by molar-refractivity contribution is 5.50. The van der Waals surface area contributed by atoms with Gasteiger partial charge in [-0.3, -0.25) is 0 Å². The molecular formula is C10H5F2N3. The van der Waals surface area contributed by atoms with Crippen molar-refractivity contribution in [3.63, 3.8) is 0 Å². The molecule has 0 saturated carbocycles. The molecule has 0 aromatic heterocycles. The van der Waals surface area contributed by atoms with Crippen molar-refractivity contribution >= 4 is 5.69 Å². The second kappa shape index (κ2) is 4.73. The molecule has 0 aliphatic carbocycles. The lowest BCUT2D eigenvalue weighted by atomic mass is 10.3. The molecule has 1 N–H and O–H groups in total. The van der Waals surface area contributed by atoms with Gasteiger partial charge in [-0.05, 0) is 12.1 Å². The first-order valence-electron chi connectivity index (χ1n) is 3.89. The Morgan fingerprint density at radius 2 is 1.93 bits per heavy atom. The van der Waals surface area contributed by atoms with Crippen LogP contribution in [0.4, 0.5) is 14.5 Å². The molecule has 0 amide bonds. The van der Waals surface area contributed by atoms with Crippen molar-refractivity contribution in [3.8, 4) is 12.1 Å². The van der Waals surface area contributed by atoms with E-state index in [-0.39, 0.29) is 11.3 Å². The predicted octanol–water partition coefficient (Wildman–Crippen LogP) is 2.31. The number of rotatable bonds is 2. The number of allylic oxidation sites excluding steroid dienone is 1. The van der Waals surface area contributed by atoms with E-state index in [0.29, 0.717) is 6.07 Å². The lowest BCUT2D eigenvalue weighted by Gasteiger charge is -2.01. The molecule has 3 nitrogen and oxygen atoms in total. The van der Waals surface area contributed by atoms with E-state index in [1.54, 1.807) is 12.1 Å². The number of hydrogen-bond donors (Lipinski definition) is 1. The Hall–Kier alpha value is -2.40. The van der Waals surface area contributed by atoms with Crippen LogP contribution in [0, 0.1) is 34.3 Å². The Kier molecular flexibility index (Phi) is 3.37. The van der Waals surface area contributed by atoms with Gasteiger partial charge in [0.05, 0.1) is 5.69 Å². The topological polar surface area (TPSA) is 59.6 Å². The first-order valence-corrected chi connectivity index (χ1v) is 3.89. The monoisotopic (exact) mass is 205 g/mol. The average molecular weight is 205 g/mol.